The summed E-state index contributed by atoms with van der Waals surface area (Å²) in [6.07, 6.45) is -2.35. The Morgan fingerprint density at radius 2 is 1.40 bits per heavy atom. The summed E-state index contributed by atoms with van der Waals surface area (Å²) in [7, 11) is 2.80. The second-order valence-corrected chi connectivity index (χ2v) is 13.5. The van der Waals surface area contributed by atoms with Crippen LogP contribution in [0.25, 0.3) is 6.08 Å². The highest BCUT2D eigenvalue weighted by molar-refractivity contribution is 6.08. The van der Waals surface area contributed by atoms with Crippen LogP contribution in [0.15, 0.2) is 109 Å². The van der Waals surface area contributed by atoms with Gasteiger partial charge in [-0.25, -0.2) is 9.59 Å². The van der Waals surface area contributed by atoms with E-state index < -0.39 is 59.6 Å². The molecule has 10 nitrogen and oxygen atoms in total. The Morgan fingerprint density at radius 3 is 1.94 bits per heavy atom. The second-order valence-electron chi connectivity index (χ2n) is 13.5. The molecule has 0 aromatic heterocycles. The van der Waals surface area contributed by atoms with E-state index >= 15 is 0 Å². The first kappa shape index (κ1) is 37.1. The number of fused-ring (bicyclic) bond motifs is 2. The number of benzene rings is 4. The first-order valence-electron chi connectivity index (χ1n) is 17.2. The first-order chi connectivity index (χ1) is 25.4. The van der Waals surface area contributed by atoms with Crippen molar-refractivity contribution in [3.05, 3.63) is 143 Å². The van der Waals surface area contributed by atoms with Crippen molar-refractivity contribution in [2.45, 2.75) is 63.3 Å². The summed E-state index contributed by atoms with van der Waals surface area (Å²) in [6, 6.07) is 26.6. The Bertz CT molecular complexity index is 2020. The molecule has 0 saturated heterocycles. The molecule has 274 valence electrons. The highest BCUT2D eigenvalue weighted by Crippen LogP contribution is 2.52. The molecule has 4 aromatic rings. The fraction of sp³-hybridized carbons (Fsp3) is 0.279. The molecule has 2 heterocycles. The Labute approximate surface area is 308 Å². The largest absolute Gasteiger partial charge is 0.506 e. The summed E-state index contributed by atoms with van der Waals surface area (Å²) in [6.45, 7) is 9.52. The smallest absolute Gasteiger partial charge is 0.340 e. The molecular formula is C43H42O10. The summed E-state index contributed by atoms with van der Waals surface area (Å²) in [5, 5.41) is 11.8. The summed E-state index contributed by atoms with van der Waals surface area (Å²) < 4.78 is 36.2. The Morgan fingerprint density at radius 1 is 0.849 bits per heavy atom. The van der Waals surface area contributed by atoms with E-state index in [2.05, 4.69) is 6.58 Å². The van der Waals surface area contributed by atoms with Crippen LogP contribution in [0.5, 0.6) is 17.2 Å². The topological polar surface area (TPSA) is 127 Å². The van der Waals surface area contributed by atoms with Gasteiger partial charge in [0, 0.05) is 26.2 Å². The molecule has 4 aromatic carbocycles. The molecule has 0 radical (unpaired) electrons. The monoisotopic (exact) mass is 718 g/mol. The molecule has 0 aliphatic carbocycles. The van der Waals surface area contributed by atoms with E-state index in [9.17, 15) is 19.5 Å². The first-order valence-corrected chi connectivity index (χ1v) is 17.2. The average Bonchev–Trinajstić information content (AvgIpc) is 3.15. The van der Waals surface area contributed by atoms with Gasteiger partial charge in [0.15, 0.2) is 18.3 Å². The number of hydrogen-bond donors (Lipinski definition) is 1. The van der Waals surface area contributed by atoms with Gasteiger partial charge >= 0.3 is 11.9 Å². The number of ketones is 1. The van der Waals surface area contributed by atoms with Crippen LogP contribution in [0.2, 0.25) is 0 Å². The number of carbonyl (C=O) groups excluding carboxylic acids is 3. The molecule has 5 atom stereocenters. The summed E-state index contributed by atoms with van der Waals surface area (Å²) in [4.78, 5) is 42.0. The van der Waals surface area contributed by atoms with Gasteiger partial charge in [0.1, 0.15) is 34.5 Å². The van der Waals surface area contributed by atoms with Crippen molar-refractivity contribution in [1.29, 1.82) is 0 Å². The minimum atomic E-state index is -1.51. The average molecular weight is 719 g/mol. The lowest BCUT2D eigenvalue weighted by molar-refractivity contribution is -0.164. The normalized spacial score (nSPS) is 18.6. The van der Waals surface area contributed by atoms with Gasteiger partial charge in [-0.1, -0.05) is 97.6 Å². The Kier molecular flexibility index (Phi) is 10.8. The van der Waals surface area contributed by atoms with Crippen LogP contribution in [0.1, 0.15) is 77.3 Å². The standard InChI is InChI=1S/C43H42O10/c1-25(2)31(50-41(46)36(48-5)27-18-12-8-13-19-27)24-30-38-29(22-23-43(3,4)53-38)33(44)32-34(45)40(35(51-39(30)32)26-16-10-7-11-17-26)52-42(47)37(49-6)28-20-14-9-15-21-28/h7-23,31,35-37,40,44H,1,24H2,2-6H3/t31-,35+,36-,37-,40-/m0/s1. The third kappa shape index (κ3) is 7.60. The van der Waals surface area contributed by atoms with E-state index in [1.54, 1.807) is 97.9 Å². The van der Waals surface area contributed by atoms with Crippen LogP contribution in [0.3, 0.4) is 0 Å². The van der Waals surface area contributed by atoms with E-state index in [-0.39, 0.29) is 29.0 Å². The number of carbonyl (C=O) groups is 3. The lowest BCUT2D eigenvalue weighted by Gasteiger charge is -2.37. The van der Waals surface area contributed by atoms with Crippen molar-refractivity contribution < 1.29 is 47.9 Å². The zero-order valence-electron chi connectivity index (χ0n) is 30.2. The molecule has 1 N–H and O–H groups in total. The van der Waals surface area contributed by atoms with Crippen molar-refractivity contribution in [3.8, 4) is 17.2 Å². The maximum atomic E-state index is 14.7. The van der Waals surface area contributed by atoms with Crippen LogP contribution < -0.4 is 9.47 Å². The quantitative estimate of drug-likeness (QED) is 0.116. The van der Waals surface area contributed by atoms with Crippen LogP contribution in [0, 0.1) is 0 Å². The number of methoxy groups -OCH3 is 2. The molecule has 0 bridgehead atoms. The molecule has 0 spiro atoms. The summed E-state index contributed by atoms with van der Waals surface area (Å²) >= 11 is 0. The maximum absolute atomic E-state index is 14.7. The SMILES string of the molecule is C=C(C)[C@H](Cc1c2c(c(O)c3c1O[C@H](c1ccccc1)[C@@H](OC(=O)[C@@H](OC)c1ccccc1)C3=O)C=CC(C)(C)O2)OC(=O)[C@@H](OC)c1ccccc1. The van der Waals surface area contributed by atoms with E-state index in [4.69, 9.17) is 28.4 Å². The zero-order valence-corrected chi connectivity index (χ0v) is 30.2. The highest BCUT2D eigenvalue weighted by atomic mass is 16.6. The number of Topliss-reactive ketones (excluding diaryl/α,β-unsaturated/α-hetero) is 1. The number of ether oxygens (including phenoxy) is 6. The molecule has 2 aliphatic heterocycles. The van der Waals surface area contributed by atoms with E-state index in [0.717, 1.165) is 0 Å². The van der Waals surface area contributed by atoms with Gasteiger partial charge in [0.25, 0.3) is 0 Å². The van der Waals surface area contributed by atoms with Crippen LogP contribution >= 0.6 is 0 Å². The van der Waals surface area contributed by atoms with Gasteiger partial charge in [-0.2, -0.15) is 0 Å². The van der Waals surface area contributed by atoms with Gasteiger partial charge in [0.2, 0.25) is 11.9 Å². The fourth-order valence-corrected chi connectivity index (χ4v) is 6.52. The molecule has 0 saturated carbocycles. The van der Waals surface area contributed by atoms with Gasteiger partial charge in [-0.15, -0.1) is 0 Å². The number of aromatic hydroxyl groups is 1. The van der Waals surface area contributed by atoms with Crippen molar-refractivity contribution in [3.63, 3.8) is 0 Å². The van der Waals surface area contributed by atoms with Crippen LogP contribution in [-0.2, 0) is 35.0 Å². The van der Waals surface area contributed by atoms with Crippen molar-refractivity contribution in [2.75, 3.05) is 14.2 Å². The molecule has 0 fully saturated rings. The minimum Gasteiger partial charge on any atom is -0.506 e. The lowest BCUT2D eigenvalue weighted by Crippen LogP contribution is -2.42. The number of phenolic OH excluding ortho intramolecular Hbond substituents is 1. The summed E-state index contributed by atoms with van der Waals surface area (Å²) in [5.41, 5.74) is 1.76. The number of hydrogen-bond acceptors (Lipinski definition) is 10. The van der Waals surface area contributed by atoms with Gasteiger partial charge in [-0.05, 0) is 55.2 Å². The molecule has 10 heteroatoms. The highest BCUT2D eigenvalue weighted by Gasteiger charge is 2.47. The van der Waals surface area contributed by atoms with Crippen molar-refractivity contribution >= 4 is 23.8 Å². The van der Waals surface area contributed by atoms with Crippen molar-refractivity contribution in [2.24, 2.45) is 0 Å². The Balaban J connectivity index is 1.45. The minimum absolute atomic E-state index is 0.0125. The van der Waals surface area contributed by atoms with Gasteiger partial charge in [0.05, 0.1) is 5.56 Å². The van der Waals surface area contributed by atoms with Crippen LogP contribution in [-0.4, -0.2) is 54.9 Å². The lowest BCUT2D eigenvalue weighted by atomic mass is 9.86. The number of esters is 2. The maximum Gasteiger partial charge on any atom is 0.340 e. The molecule has 0 unspecified atom stereocenters. The van der Waals surface area contributed by atoms with E-state index in [0.29, 0.717) is 27.8 Å². The number of phenols is 1. The third-order valence-corrected chi connectivity index (χ3v) is 9.23. The van der Waals surface area contributed by atoms with E-state index in [1.807, 2.05) is 26.0 Å². The van der Waals surface area contributed by atoms with E-state index in [1.165, 1.54) is 14.2 Å². The van der Waals surface area contributed by atoms with Gasteiger partial charge in [-0.3, -0.25) is 4.79 Å². The van der Waals surface area contributed by atoms with Crippen molar-refractivity contribution in [1.82, 2.24) is 0 Å². The Hall–Kier alpha value is -5.71. The fourth-order valence-electron chi connectivity index (χ4n) is 6.52. The molecule has 0 amide bonds. The predicted molar refractivity (Wildman–Crippen MR) is 197 cm³/mol. The predicted octanol–water partition coefficient (Wildman–Crippen LogP) is 7.61. The summed E-state index contributed by atoms with van der Waals surface area (Å²) in [5.74, 6) is -2.29. The molecule has 6 rings (SSSR count). The van der Waals surface area contributed by atoms with Gasteiger partial charge < -0.3 is 33.5 Å². The molecule has 2 aliphatic rings. The third-order valence-electron chi connectivity index (χ3n) is 9.23. The zero-order chi connectivity index (χ0) is 37.9. The molecule has 53 heavy (non-hydrogen) atoms. The number of rotatable bonds is 12. The second kappa shape index (κ2) is 15.5. The molecular weight excluding hydrogens is 676 g/mol. The van der Waals surface area contributed by atoms with Crippen LogP contribution in [0.4, 0.5) is 0 Å².